The molecule has 2 N–H and O–H groups in total. The van der Waals surface area contributed by atoms with E-state index in [1.54, 1.807) is 7.11 Å². The normalized spacial score (nSPS) is 16.6. The molecule has 0 spiro atoms. The molecule has 0 saturated heterocycles. The highest BCUT2D eigenvalue weighted by Crippen LogP contribution is 2.33. The molecule has 3 rings (SSSR count). The molecule has 1 aliphatic rings. The fourth-order valence-electron chi connectivity index (χ4n) is 3.19. The Morgan fingerprint density at radius 1 is 1.14 bits per heavy atom. The van der Waals surface area contributed by atoms with Crippen LogP contribution < -0.4 is 10.5 Å². The molecule has 1 saturated carbocycles. The molecule has 21 heavy (non-hydrogen) atoms. The molecule has 0 aliphatic heterocycles. The van der Waals surface area contributed by atoms with Crippen molar-refractivity contribution in [2.75, 3.05) is 12.8 Å². The summed E-state index contributed by atoms with van der Waals surface area (Å²) in [5, 5.41) is 4.77. The maximum Gasteiger partial charge on any atom is 0.128 e. The minimum Gasteiger partial charge on any atom is -0.496 e. The quantitative estimate of drug-likeness (QED) is 0.866. The molecule has 2 aromatic rings. The number of nitrogens with zero attached hydrogens (tertiary/aromatic N) is 2. The van der Waals surface area contributed by atoms with Crippen LogP contribution in [0.5, 0.6) is 5.75 Å². The average molecular weight is 285 g/mol. The van der Waals surface area contributed by atoms with Gasteiger partial charge < -0.3 is 10.5 Å². The first-order valence-electron chi connectivity index (χ1n) is 7.78. The number of nitrogen functional groups attached to an aromatic ring is 1. The summed E-state index contributed by atoms with van der Waals surface area (Å²) in [7, 11) is 1.69. The summed E-state index contributed by atoms with van der Waals surface area (Å²) in [6.07, 6.45) is 7.56. The van der Waals surface area contributed by atoms with Crippen LogP contribution in [0.4, 0.5) is 5.82 Å². The predicted molar refractivity (Wildman–Crippen MR) is 85.4 cm³/mol. The van der Waals surface area contributed by atoms with E-state index in [1.807, 2.05) is 35.0 Å². The lowest BCUT2D eigenvalue weighted by atomic mass is 10.1. The third-order valence-electron chi connectivity index (χ3n) is 4.32. The molecule has 112 valence electrons. The van der Waals surface area contributed by atoms with E-state index >= 15 is 0 Å². The van der Waals surface area contributed by atoms with Crippen LogP contribution in [0.3, 0.4) is 0 Å². The Labute approximate surface area is 125 Å². The zero-order valence-electron chi connectivity index (χ0n) is 12.6. The molecule has 1 heterocycles. The zero-order chi connectivity index (χ0) is 14.7. The highest BCUT2D eigenvalue weighted by Gasteiger charge is 2.19. The minimum absolute atomic E-state index is 0.441. The third-order valence-corrected chi connectivity index (χ3v) is 4.32. The SMILES string of the molecule is COc1ccccc1-c1cc(N)n(C2CCCCCC2)n1. The summed E-state index contributed by atoms with van der Waals surface area (Å²) in [6.45, 7) is 0. The van der Waals surface area contributed by atoms with Gasteiger partial charge in [-0.2, -0.15) is 5.10 Å². The summed E-state index contributed by atoms with van der Waals surface area (Å²) in [4.78, 5) is 0. The van der Waals surface area contributed by atoms with Crippen LogP contribution in [-0.4, -0.2) is 16.9 Å². The number of hydrogen-bond donors (Lipinski definition) is 1. The van der Waals surface area contributed by atoms with E-state index in [0.29, 0.717) is 6.04 Å². The summed E-state index contributed by atoms with van der Waals surface area (Å²) in [5.41, 5.74) is 8.11. The molecule has 0 radical (unpaired) electrons. The predicted octanol–water partition coefficient (Wildman–Crippen LogP) is 4.04. The summed E-state index contributed by atoms with van der Waals surface area (Å²) >= 11 is 0. The largest absolute Gasteiger partial charge is 0.496 e. The highest BCUT2D eigenvalue weighted by molar-refractivity contribution is 5.69. The molecule has 0 unspecified atom stereocenters. The first-order valence-corrected chi connectivity index (χ1v) is 7.78. The molecule has 1 aromatic heterocycles. The van der Waals surface area contributed by atoms with Crippen molar-refractivity contribution in [3.8, 4) is 17.0 Å². The van der Waals surface area contributed by atoms with Gasteiger partial charge in [-0.1, -0.05) is 37.8 Å². The fourth-order valence-corrected chi connectivity index (χ4v) is 3.19. The van der Waals surface area contributed by atoms with Crippen LogP contribution in [0.15, 0.2) is 30.3 Å². The second kappa shape index (κ2) is 6.20. The van der Waals surface area contributed by atoms with Crippen LogP contribution in [0, 0.1) is 0 Å². The van der Waals surface area contributed by atoms with Crippen LogP contribution in [0.1, 0.15) is 44.6 Å². The summed E-state index contributed by atoms with van der Waals surface area (Å²) < 4.78 is 7.45. The minimum atomic E-state index is 0.441. The van der Waals surface area contributed by atoms with E-state index in [9.17, 15) is 0 Å². The topological polar surface area (TPSA) is 53.1 Å². The van der Waals surface area contributed by atoms with E-state index in [0.717, 1.165) is 22.8 Å². The second-order valence-electron chi connectivity index (χ2n) is 5.74. The van der Waals surface area contributed by atoms with Gasteiger partial charge in [0.25, 0.3) is 0 Å². The van der Waals surface area contributed by atoms with Crippen LogP contribution in [0.25, 0.3) is 11.3 Å². The number of aromatic nitrogens is 2. The number of ether oxygens (including phenoxy) is 1. The van der Waals surface area contributed by atoms with Crippen molar-refractivity contribution in [3.05, 3.63) is 30.3 Å². The van der Waals surface area contributed by atoms with Crippen molar-refractivity contribution >= 4 is 5.82 Å². The molecule has 1 aromatic carbocycles. The molecular weight excluding hydrogens is 262 g/mol. The van der Waals surface area contributed by atoms with Gasteiger partial charge >= 0.3 is 0 Å². The number of rotatable bonds is 3. The number of anilines is 1. The number of methoxy groups -OCH3 is 1. The smallest absolute Gasteiger partial charge is 0.128 e. The summed E-state index contributed by atoms with van der Waals surface area (Å²) in [6, 6.07) is 10.3. The number of hydrogen-bond acceptors (Lipinski definition) is 3. The van der Waals surface area contributed by atoms with Gasteiger partial charge in [0.05, 0.1) is 18.8 Å². The van der Waals surface area contributed by atoms with Crippen molar-refractivity contribution in [1.29, 1.82) is 0 Å². The van der Waals surface area contributed by atoms with E-state index in [-0.39, 0.29) is 0 Å². The van der Waals surface area contributed by atoms with Crippen LogP contribution in [-0.2, 0) is 0 Å². The number of benzene rings is 1. The fraction of sp³-hybridized carbons (Fsp3) is 0.471. The van der Waals surface area contributed by atoms with Gasteiger partial charge in [-0.3, -0.25) is 0 Å². The molecule has 0 atom stereocenters. The maximum absolute atomic E-state index is 6.21. The number of para-hydroxylation sites is 1. The molecule has 4 nitrogen and oxygen atoms in total. The van der Waals surface area contributed by atoms with E-state index in [4.69, 9.17) is 15.6 Å². The maximum atomic E-state index is 6.21. The van der Waals surface area contributed by atoms with Gasteiger partial charge in [-0.15, -0.1) is 0 Å². The molecule has 1 fully saturated rings. The van der Waals surface area contributed by atoms with Gasteiger partial charge in [0.2, 0.25) is 0 Å². The van der Waals surface area contributed by atoms with Gasteiger partial charge in [0, 0.05) is 11.6 Å². The van der Waals surface area contributed by atoms with Crippen molar-refractivity contribution in [1.82, 2.24) is 9.78 Å². The number of nitrogens with two attached hydrogens (primary N) is 1. The van der Waals surface area contributed by atoms with Gasteiger partial charge in [0.1, 0.15) is 11.6 Å². The Balaban J connectivity index is 1.93. The first kappa shape index (κ1) is 14.0. The van der Waals surface area contributed by atoms with Crippen molar-refractivity contribution in [2.45, 2.75) is 44.6 Å². The second-order valence-corrected chi connectivity index (χ2v) is 5.74. The lowest BCUT2D eigenvalue weighted by molar-refractivity contribution is 0.409. The monoisotopic (exact) mass is 285 g/mol. The Bertz CT molecular complexity index is 598. The van der Waals surface area contributed by atoms with Crippen molar-refractivity contribution in [2.24, 2.45) is 0 Å². The van der Waals surface area contributed by atoms with Crippen molar-refractivity contribution in [3.63, 3.8) is 0 Å². The Morgan fingerprint density at radius 2 is 1.86 bits per heavy atom. The van der Waals surface area contributed by atoms with Gasteiger partial charge in [-0.25, -0.2) is 4.68 Å². The summed E-state index contributed by atoms with van der Waals surface area (Å²) in [5.74, 6) is 1.59. The van der Waals surface area contributed by atoms with E-state index in [1.165, 1.54) is 38.5 Å². The highest BCUT2D eigenvalue weighted by atomic mass is 16.5. The zero-order valence-corrected chi connectivity index (χ0v) is 12.6. The van der Waals surface area contributed by atoms with Crippen molar-refractivity contribution < 1.29 is 4.74 Å². The molecular formula is C17H23N3O. The Morgan fingerprint density at radius 3 is 2.57 bits per heavy atom. The van der Waals surface area contributed by atoms with Crippen LogP contribution in [0.2, 0.25) is 0 Å². The molecule has 1 aliphatic carbocycles. The standard InChI is InChI=1S/C17H23N3O/c1-21-16-11-7-6-10-14(16)15-12-17(18)20(19-15)13-8-4-2-3-5-9-13/h6-7,10-13H,2-5,8-9,18H2,1H3. The van der Waals surface area contributed by atoms with Gasteiger partial charge in [0.15, 0.2) is 0 Å². The first-order chi connectivity index (χ1) is 10.3. The third kappa shape index (κ3) is 2.89. The Kier molecular flexibility index (Phi) is 4.13. The van der Waals surface area contributed by atoms with Gasteiger partial charge in [-0.05, 0) is 25.0 Å². The lowest BCUT2D eigenvalue weighted by Crippen LogP contribution is -2.12. The molecule has 0 bridgehead atoms. The lowest BCUT2D eigenvalue weighted by Gasteiger charge is -2.16. The van der Waals surface area contributed by atoms with E-state index < -0.39 is 0 Å². The van der Waals surface area contributed by atoms with E-state index in [2.05, 4.69) is 0 Å². The molecule has 0 amide bonds. The van der Waals surface area contributed by atoms with Crippen LogP contribution >= 0.6 is 0 Å². The molecule has 4 heteroatoms. The average Bonchev–Trinajstić information content (AvgIpc) is 2.74. The Hall–Kier alpha value is -1.97.